The van der Waals surface area contributed by atoms with Crippen molar-refractivity contribution in [2.45, 2.75) is 0 Å². The first kappa shape index (κ1) is 31.9. The molecule has 0 aliphatic carbocycles. The van der Waals surface area contributed by atoms with E-state index < -0.39 is 0 Å². The zero-order valence-electron chi connectivity index (χ0n) is 30.4. The highest BCUT2D eigenvalue weighted by Crippen LogP contribution is 2.41. The van der Waals surface area contributed by atoms with E-state index in [4.69, 9.17) is 19.4 Å². The van der Waals surface area contributed by atoms with E-state index in [1.165, 1.54) is 42.1 Å². The fourth-order valence-electron chi connectivity index (χ4n) is 8.33. The molecule has 0 aliphatic rings. The molecule has 0 N–H and O–H groups in total. The van der Waals surface area contributed by atoms with E-state index in [2.05, 4.69) is 150 Å². The SMILES string of the molecule is c1ccc(-c2cccc(-n3c4ccccc4c4cc5c(cc43)oc3ccc(-c4nc(-c6ccccc6)nc(-c6ccc7c(c6)sc6ccccc67)n4)cc35)c2)cc1. The van der Waals surface area contributed by atoms with Gasteiger partial charge < -0.3 is 8.98 Å². The van der Waals surface area contributed by atoms with E-state index >= 15 is 0 Å². The third-order valence-electron chi connectivity index (χ3n) is 11.0. The number of furan rings is 1. The van der Waals surface area contributed by atoms with Gasteiger partial charge in [-0.2, -0.15) is 0 Å². The van der Waals surface area contributed by atoms with Crippen molar-refractivity contribution >= 4 is 75.3 Å². The minimum atomic E-state index is 0.613. The predicted octanol–water partition coefficient (Wildman–Crippen LogP) is 13.9. The van der Waals surface area contributed by atoms with Crippen molar-refractivity contribution in [3.63, 3.8) is 0 Å². The van der Waals surface area contributed by atoms with Gasteiger partial charge in [0.15, 0.2) is 17.5 Å². The van der Waals surface area contributed by atoms with Crippen molar-refractivity contribution in [2.75, 3.05) is 0 Å². The topological polar surface area (TPSA) is 56.7 Å². The Bertz CT molecular complexity index is 3530. The van der Waals surface area contributed by atoms with Crippen LogP contribution in [0.4, 0.5) is 0 Å². The van der Waals surface area contributed by atoms with Gasteiger partial charge in [-0.15, -0.1) is 11.3 Å². The summed E-state index contributed by atoms with van der Waals surface area (Å²) in [5, 5.41) is 6.93. The van der Waals surface area contributed by atoms with Crippen molar-refractivity contribution < 1.29 is 4.42 Å². The van der Waals surface area contributed by atoms with E-state index in [0.717, 1.165) is 55.3 Å². The first-order chi connectivity index (χ1) is 28.2. The number of hydrogen-bond donors (Lipinski definition) is 0. The van der Waals surface area contributed by atoms with Crippen molar-refractivity contribution in [3.8, 4) is 51.0 Å². The van der Waals surface area contributed by atoms with Crippen LogP contribution >= 0.6 is 11.3 Å². The number of rotatable bonds is 5. The minimum absolute atomic E-state index is 0.613. The third kappa shape index (κ3) is 5.19. The second kappa shape index (κ2) is 12.6. The molecule has 0 unspecified atom stereocenters. The first-order valence-electron chi connectivity index (χ1n) is 19.0. The van der Waals surface area contributed by atoms with Crippen LogP contribution in [0.15, 0.2) is 186 Å². The quantitative estimate of drug-likeness (QED) is 0.176. The van der Waals surface area contributed by atoms with Crippen LogP contribution in [0.3, 0.4) is 0 Å². The van der Waals surface area contributed by atoms with Crippen molar-refractivity contribution in [1.29, 1.82) is 0 Å². The second-order valence-corrected chi connectivity index (χ2v) is 15.5. The van der Waals surface area contributed by atoms with Crippen molar-refractivity contribution in [1.82, 2.24) is 19.5 Å². The molecule has 0 saturated carbocycles. The van der Waals surface area contributed by atoms with Gasteiger partial charge in [0, 0.05) is 70.2 Å². The Hall–Kier alpha value is -7.41. The Balaban J connectivity index is 1.03. The van der Waals surface area contributed by atoms with Crippen LogP contribution < -0.4 is 0 Å². The van der Waals surface area contributed by atoms with Crippen LogP contribution in [0.5, 0.6) is 0 Å². The number of nitrogens with zero attached hydrogens (tertiary/aromatic N) is 4. The molecule has 4 aromatic heterocycles. The number of hydrogen-bond acceptors (Lipinski definition) is 5. The summed E-state index contributed by atoms with van der Waals surface area (Å²) in [5.74, 6) is 1.89. The smallest absolute Gasteiger partial charge is 0.164 e. The second-order valence-electron chi connectivity index (χ2n) is 14.4. The van der Waals surface area contributed by atoms with Crippen LogP contribution in [0.2, 0.25) is 0 Å². The molecule has 0 bridgehead atoms. The molecule has 5 nitrogen and oxygen atoms in total. The molecule has 12 aromatic rings. The van der Waals surface area contributed by atoms with Crippen LogP contribution in [-0.4, -0.2) is 19.5 Å². The maximum absolute atomic E-state index is 6.62. The molecule has 6 heteroatoms. The van der Waals surface area contributed by atoms with Crippen LogP contribution in [0, 0.1) is 0 Å². The van der Waals surface area contributed by atoms with Gasteiger partial charge in [-0.1, -0.05) is 121 Å². The summed E-state index contributed by atoms with van der Waals surface area (Å²) in [7, 11) is 0. The molecule has 266 valence electrons. The fraction of sp³-hybridized carbons (Fsp3) is 0. The molecule has 57 heavy (non-hydrogen) atoms. The Morgan fingerprint density at radius 2 is 0.982 bits per heavy atom. The number of fused-ring (bicyclic) bond motifs is 9. The zero-order valence-corrected chi connectivity index (χ0v) is 31.2. The minimum Gasteiger partial charge on any atom is -0.456 e. The van der Waals surface area contributed by atoms with Crippen LogP contribution in [-0.2, 0) is 0 Å². The molecule has 0 atom stereocenters. The maximum Gasteiger partial charge on any atom is 0.164 e. The van der Waals surface area contributed by atoms with Gasteiger partial charge in [0.25, 0.3) is 0 Å². The Morgan fingerprint density at radius 3 is 1.81 bits per heavy atom. The highest BCUT2D eigenvalue weighted by atomic mass is 32.1. The van der Waals surface area contributed by atoms with Gasteiger partial charge in [0.1, 0.15) is 11.2 Å². The first-order valence-corrected chi connectivity index (χ1v) is 19.8. The lowest BCUT2D eigenvalue weighted by Crippen LogP contribution is -2.00. The average Bonchev–Trinajstić information content (AvgIpc) is 3.94. The van der Waals surface area contributed by atoms with Gasteiger partial charge in [0.2, 0.25) is 0 Å². The number of benzene rings is 8. The van der Waals surface area contributed by atoms with E-state index in [9.17, 15) is 0 Å². The molecule has 0 saturated heterocycles. The Morgan fingerprint density at radius 1 is 0.351 bits per heavy atom. The number of aromatic nitrogens is 4. The summed E-state index contributed by atoms with van der Waals surface area (Å²) in [6.07, 6.45) is 0. The summed E-state index contributed by atoms with van der Waals surface area (Å²) in [5.41, 5.74) is 10.1. The monoisotopic (exact) mass is 746 g/mol. The number of para-hydroxylation sites is 1. The van der Waals surface area contributed by atoms with Gasteiger partial charge in [-0.25, -0.2) is 15.0 Å². The summed E-state index contributed by atoms with van der Waals surface area (Å²) in [6.45, 7) is 0. The highest BCUT2D eigenvalue weighted by molar-refractivity contribution is 7.25. The molecular formula is C51H30N4OS. The summed E-state index contributed by atoms with van der Waals surface area (Å²) < 4.78 is 11.4. The largest absolute Gasteiger partial charge is 0.456 e. The van der Waals surface area contributed by atoms with E-state index in [1.807, 2.05) is 36.4 Å². The lowest BCUT2D eigenvalue weighted by atomic mass is 10.0. The van der Waals surface area contributed by atoms with Gasteiger partial charge in [-0.3, -0.25) is 0 Å². The summed E-state index contributed by atoms with van der Waals surface area (Å²) in [4.78, 5) is 15.2. The normalized spacial score (nSPS) is 11.9. The van der Waals surface area contributed by atoms with E-state index in [-0.39, 0.29) is 0 Å². The predicted molar refractivity (Wildman–Crippen MR) is 236 cm³/mol. The van der Waals surface area contributed by atoms with Crippen molar-refractivity contribution in [2.24, 2.45) is 0 Å². The lowest BCUT2D eigenvalue weighted by Gasteiger charge is -2.10. The van der Waals surface area contributed by atoms with Crippen LogP contribution in [0.25, 0.3) is 115 Å². The number of thiophene rings is 1. The van der Waals surface area contributed by atoms with Gasteiger partial charge in [-0.05, 0) is 65.7 Å². The third-order valence-corrected chi connectivity index (χ3v) is 12.2. The summed E-state index contributed by atoms with van der Waals surface area (Å²) >= 11 is 1.79. The molecule has 4 heterocycles. The molecule has 8 aromatic carbocycles. The molecular weight excluding hydrogens is 717 g/mol. The molecule has 0 spiro atoms. The van der Waals surface area contributed by atoms with E-state index in [1.54, 1.807) is 11.3 Å². The average molecular weight is 747 g/mol. The zero-order chi connectivity index (χ0) is 37.5. The Labute approximate surface area is 330 Å². The standard InChI is InChI=1S/C51H30N4OS/c1-3-12-31(13-4-1)33-16-11-17-36(26-33)55-43-20-9-7-18-37(43)40-29-42-41-27-34(23-25-45(41)56-46(42)30-44(40)55)50-52-49(32-14-5-2-6-15-32)53-51(54-50)35-22-24-39-38-19-8-10-21-47(38)57-48(39)28-35/h1-30H. The Kier molecular flexibility index (Phi) is 7.03. The van der Waals surface area contributed by atoms with E-state index in [0.29, 0.717) is 17.5 Å². The fourth-order valence-corrected chi connectivity index (χ4v) is 9.47. The van der Waals surface area contributed by atoms with Crippen molar-refractivity contribution in [3.05, 3.63) is 182 Å². The van der Waals surface area contributed by atoms with Gasteiger partial charge >= 0.3 is 0 Å². The molecule has 12 rings (SSSR count). The molecule has 0 fully saturated rings. The molecule has 0 aliphatic heterocycles. The summed E-state index contributed by atoms with van der Waals surface area (Å²) in [6, 6.07) is 63.9. The maximum atomic E-state index is 6.62. The lowest BCUT2D eigenvalue weighted by molar-refractivity contribution is 0.669. The molecule has 0 amide bonds. The van der Waals surface area contributed by atoms with Gasteiger partial charge in [0.05, 0.1) is 11.0 Å². The highest BCUT2D eigenvalue weighted by Gasteiger charge is 2.19. The van der Waals surface area contributed by atoms with Crippen LogP contribution in [0.1, 0.15) is 0 Å². The molecule has 0 radical (unpaired) electrons.